The highest BCUT2D eigenvalue weighted by Crippen LogP contribution is 2.17. The summed E-state index contributed by atoms with van der Waals surface area (Å²) < 4.78 is 1.61. The molecule has 0 aliphatic rings. The molecular formula is C15H22N6O. The minimum absolute atomic E-state index is 0.0194. The second-order valence-electron chi connectivity index (χ2n) is 5.89. The molecular weight excluding hydrogens is 280 g/mol. The Labute approximate surface area is 130 Å². The maximum absolute atomic E-state index is 11.9. The van der Waals surface area contributed by atoms with Crippen molar-refractivity contribution in [2.45, 2.75) is 39.7 Å². The molecule has 0 saturated heterocycles. The normalized spacial score (nSPS) is 11.3. The van der Waals surface area contributed by atoms with Gasteiger partial charge in [-0.25, -0.2) is 4.68 Å². The van der Waals surface area contributed by atoms with Gasteiger partial charge < -0.3 is 10.6 Å². The fourth-order valence-electron chi connectivity index (χ4n) is 1.99. The molecule has 0 aliphatic heterocycles. The molecule has 1 heterocycles. The first-order valence-electron chi connectivity index (χ1n) is 7.30. The minimum atomic E-state index is -0.182. The fourth-order valence-corrected chi connectivity index (χ4v) is 1.99. The maximum atomic E-state index is 11.9. The molecule has 0 unspecified atom stereocenters. The van der Waals surface area contributed by atoms with E-state index in [2.05, 4.69) is 33.1 Å². The first kappa shape index (κ1) is 15.9. The summed E-state index contributed by atoms with van der Waals surface area (Å²) in [5.41, 5.74) is 2.64. The lowest BCUT2D eigenvalue weighted by atomic mass is 10.0. The van der Waals surface area contributed by atoms with Crippen LogP contribution < -0.4 is 10.6 Å². The van der Waals surface area contributed by atoms with E-state index in [4.69, 9.17) is 0 Å². The van der Waals surface area contributed by atoms with Gasteiger partial charge in [0.1, 0.15) is 6.33 Å². The molecule has 118 valence electrons. The Morgan fingerprint density at radius 1 is 1.36 bits per heavy atom. The lowest BCUT2D eigenvalue weighted by molar-refractivity contribution is -0.121. The van der Waals surface area contributed by atoms with E-state index < -0.39 is 0 Å². The highest BCUT2D eigenvalue weighted by atomic mass is 16.2. The number of amides is 1. The third kappa shape index (κ3) is 4.03. The van der Waals surface area contributed by atoms with E-state index in [9.17, 15) is 4.79 Å². The predicted molar refractivity (Wildman–Crippen MR) is 84.9 cm³/mol. The molecule has 1 aromatic heterocycles. The first-order valence-corrected chi connectivity index (χ1v) is 7.30. The number of hydrogen-bond acceptors (Lipinski definition) is 5. The van der Waals surface area contributed by atoms with Crippen molar-refractivity contribution in [1.29, 1.82) is 0 Å². The number of rotatable bonds is 6. The van der Waals surface area contributed by atoms with Gasteiger partial charge in [0.15, 0.2) is 0 Å². The van der Waals surface area contributed by atoms with Crippen LogP contribution in [0.15, 0.2) is 24.5 Å². The summed E-state index contributed by atoms with van der Waals surface area (Å²) >= 11 is 0. The number of carbonyl (C=O) groups is 1. The zero-order chi connectivity index (χ0) is 16.2. The molecule has 0 spiro atoms. The number of anilines is 1. The van der Waals surface area contributed by atoms with Crippen molar-refractivity contribution in [3.05, 3.63) is 30.1 Å². The quantitative estimate of drug-likeness (QED) is 0.848. The summed E-state index contributed by atoms with van der Waals surface area (Å²) in [6.07, 6.45) is 2.44. The number of benzene rings is 1. The summed E-state index contributed by atoms with van der Waals surface area (Å²) in [6, 6.07) is 5.79. The van der Waals surface area contributed by atoms with Crippen LogP contribution in [-0.4, -0.2) is 38.2 Å². The van der Waals surface area contributed by atoms with Gasteiger partial charge in [-0.05, 0) is 61.4 Å². The molecule has 1 aromatic carbocycles. The van der Waals surface area contributed by atoms with Crippen molar-refractivity contribution in [1.82, 2.24) is 25.5 Å². The molecule has 0 bridgehead atoms. The molecule has 0 aliphatic carbocycles. The Hall–Kier alpha value is -2.44. The van der Waals surface area contributed by atoms with Crippen molar-refractivity contribution in [2.24, 2.45) is 0 Å². The summed E-state index contributed by atoms with van der Waals surface area (Å²) in [5, 5.41) is 17.3. The number of aryl methyl sites for hydroxylation is 1. The molecule has 2 aromatic rings. The second-order valence-corrected chi connectivity index (χ2v) is 5.89. The summed E-state index contributed by atoms with van der Waals surface area (Å²) in [5.74, 6) is -0.0194. The van der Waals surface area contributed by atoms with E-state index in [1.54, 1.807) is 11.0 Å². The largest absolute Gasteiger partial charge is 0.376 e. The minimum Gasteiger partial charge on any atom is -0.376 e. The van der Waals surface area contributed by atoms with Crippen LogP contribution in [0.1, 0.15) is 32.8 Å². The van der Waals surface area contributed by atoms with E-state index in [0.29, 0.717) is 0 Å². The van der Waals surface area contributed by atoms with Crippen LogP contribution in [0.2, 0.25) is 0 Å². The standard InChI is InChI=1S/C15H22N6O/c1-5-15(3,4)18-14(22)9-16-12-6-7-13(11(2)8-12)21-10-17-19-20-21/h6-8,10,16H,5,9H2,1-4H3,(H,18,22). The van der Waals surface area contributed by atoms with Crippen LogP contribution in [0.5, 0.6) is 0 Å². The summed E-state index contributed by atoms with van der Waals surface area (Å²) in [4.78, 5) is 11.9. The zero-order valence-electron chi connectivity index (χ0n) is 13.4. The van der Waals surface area contributed by atoms with E-state index >= 15 is 0 Å². The van der Waals surface area contributed by atoms with Gasteiger partial charge in [0, 0.05) is 11.2 Å². The number of tetrazole rings is 1. The molecule has 0 saturated carbocycles. The van der Waals surface area contributed by atoms with Crippen LogP contribution in [0.3, 0.4) is 0 Å². The van der Waals surface area contributed by atoms with E-state index in [-0.39, 0.29) is 18.0 Å². The maximum Gasteiger partial charge on any atom is 0.239 e. The van der Waals surface area contributed by atoms with Crippen molar-refractivity contribution in [3.63, 3.8) is 0 Å². The zero-order valence-corrected chi connectivity index (χ0v) is 13.4. The lowest BCUT2D eigenvalue weighted by Crippen LogP contribution is -2.45. The molecule has 22 heavy (non-hydrogen) atoms. The smallest absolute Gasteiger partial charge is 0.239 e. The fraction of sp³-hybridized carbons (Fsp3) is 0.467. The highest BCUT2D eigenvalue weighted by molar-refractivity contribution is 5.81. The molecule has 0 atom stereocenters. The number of carbonyl (C=O) groups excluding carboxylic acids is 1. The average molecular weight is 302 g/mol. The van der Waals surface area contributed by atoms with Crippen LogP contribution in [0.4, 0.5) is 5.69 Å². The average Bonchev–Trinajstić information content (AvgIpc) is 2.99. The Bertz CT molecular complexity index is 635. The van der Waals surface area contributed by atoms with Crippen molar-refractivity contribution in [3.8, 4) is 5.69 Å². The molecule has 2 N–H and O–H groups in total. The molecule has 7 nitrogen and oxygen atoms in total. The van der Waals surface area contributed by atoms with Gasteiger partial charge in [0.05, 0.1) is 12.2 Å². The first-order chi connectivity index (χ1) is 10.4. The number of nitrogens with one attached hydrogen (secondary N) is 2. The van der Waals surface area contributed by atoms with Crippen LogP contribution in [0, 0.1) is 6.92 Å². The Balaban J connectivity index is 1.97. The van der Waals surface area contributed by atoms with Crippen molar-refractivity contribution in [2.75, 3.05) is 11.9 Å². The lowest BCUT2D eigenvalue weighted by Gasteiger charge is -2.24. The second kappa shape index (κ2) is 6.55. The highest BCUT2D eigenvalue weighted by Gasteiger charge is 2.17. The molecule has 0 fully saturated rings. The van der Waals surface area contributed by atoms with Gasteiger partial charge in [-0.1, -0.05) is 6.92 Å². The third-order valence-corrected chi connectivity index (χ3v) is 3.61. The van der Waals surface area contributed by atoms with E-state index in [1.807, 2.05) is 39.0 Å². The number of aromatic nitrogens is 4. The molecule has 2 rings (SSSR count). The van der Waals surface area contributed by atoms with Crippen molar-refractivity contribution < 1.29 is 4.79 Å². The SMILES string of the molecule is CCC(C)(C)NC(=O)CNc1ccc(-n2cnnn2)c(C)c1. The van der Waals surface area contributed by atoms with Gasteiger partial charge in [0.25, 0.3) is 0 Å². The number of nitrogens with zero attached hydrogens (tertiary/aromatic N) is 4. The monoisotopic (exact) mass is 302 g/mol. The van der Waals surface area contributed by atoms with Crippen LogP contribution in [-0.2, 0) is 4.79 Å². The van der Waals surface area contributed by atoms with E-state index in [1.165, 1.54) is 0 Å². The number of hydrogen-bond donors (Lipinski definition) is 2. The van der Waals surface area contributed by atoms with Gasteiger partial charge in [0.2, 0.25) is 5.91 Å². The summed E-state index contributed by atoms with van der Waals surface area (Å²) in [7, 11) is 0. The summed E-state index contributed by atoms with van der Waals surface area (Å²) in [6.45, 7) is 8.29. The van der Waals surface area contributed by atoms with E-state index in [0.717, 1.165) is 23.4 Å². The predicted octanol–water partition coefficient (Wildman–Crippen LogP) is 1.69. The van der Waals surface area contributed by atoms with Crippen molar-refractivity contribution >= 4 is 11.6 Å². The third-order valence-electron chi connectivity index (χ3n) is 3.61. The molecule has 7 heteroatoms. The topological polar surface area (TPSA) is 84.7 Å². The van der Waals surface area contributed by atoms with Gasteiger partial charge in [-0.3, -0.25) is 4.79 Å². The molecule has 0 radical (unpaired) electrons. The van der Waals surface area contributed by atoms with Crippen LogP contribution in [0.25, 0.3) is 5.69 Å². The van der Waals surface area contributed by atoms with Gasteiger partial charge in [-0.15, -0.1) is 5.10 Å². The Morgan fingerprint density at radius 3 is 2.73 bits per heavy atom. The molecule has 1 amide bonds. The Morgan fingerprint density at radius 2 is 2.14 bits per heavy atom. The van der Waals surface area contributed by atoms with Gasteiger partial charge >= 0.3 is 0 Å². The Kier molecular flexibility index (Phi) is 4.75. The van der Waals surface area contributed by atoms with Crippen LogP contribution >= 0.6 is 0 Å². The van der Waals surface area contributed by atoms with Gasteiger partial charge in [-0.2, -0.15) is 0 Å².